The van der Waals surface area contributed by atoms with Gasteiger partial charge in [0.25, 0.3) is 0 Å². The Morgan fingerprint density at radius 2 is 2.11 bits per heavy atom. The first-order valence-corrected chi connectivity index (χ1v) is 9.09. The average Bonchev–Trinajstić information content (AvgIpc) is 2.91. The summed E-state index contributed by atoms with van der Waals surface area (Å²) >= 11 is 6.87. The highest BCUT2D eigenvalue weighted by Crippen LogP contribution is 2.31. The fourth-order valence-electron chi connectivity index (χ4n) is 2.49. The van der Waals surface area contributed by atoms with Crippen LogP contribution in [0.5, 0.6) is 0 Å². The molecule has 0 bridgehead atoms. The van der Waals surface area contributed by atoms with Crippen molar-refractivity contribution in [3.8, 4) is 0 Å². The maximum atomic E-state index is 12.4. The van der Waals surface area contributed by atoms with Gasteiger partial charge in [-0.05, 0) is 64.7 Å². The van der Waals surface area contributed by atoms with Crippen LogP contribution in [0.1, 0.15) is 44.3 Å². The Labute approximate surface area is 129 Å². The maximum absolute atomic E-state index is 12.4. The largest absolute Gasteiger partial charge is 0.293 e. The van der Waals surface area contributed by atoms with Gasteiger partial charge in [-0.25, -0.2) is 0 Å². The summed E-state index contributed by atoms with van der Waals surface area (Å²) in [5, 5.41) is 2.02. The van der Waals surface area contributed by atoms with Crippen molar-refractivity contribution in [3.05, 3.63) is 42.2 Å². The molecule has 100 valence electrons. The summed E-state index contributed by atoms with van der Waals surface area (Å²) in [5.41, 5.74) is 1.43. The van der Waals surface area contributed by atoms with Crippen molar-refractivity contribution >= 4 is 44.4 Å². The molecule has 0 radical (unpaired) electrons. The number of hydrogen-bond donors (Lipinski definition) is 0. The number of rotatable bonds is 3. The molecule has 4 heteroatoms. The third-order valence-corrected chi connectivity index (χ3v) is 6.74. The lowest BCUT2D eigenvalue weighted by atomic mass is 10.1. The molecule has 0 aliphatic heterocycles. The zero-order valence-electron chi connectivity index (χ0n) is 10.6. The Balaban J connectivity index is 1.79. The number of fused-ring (bicyclic) bond motifs is 1. The molecule has 0 saturated heterocycles. The summed E-state index contributed by atoms with van der Waals surface area (Å²) < 4.78 is 1.06. The van der Waals surface area contributed by atoms with Crippen molar-refractivity contribution in [1.82, 2.24) is 0 Å². The minimum Gasteiger partial charge on any atom is -0.293 e. The minimum atomic E-state index is 0.265. The van der Waals surface area contributed by atoms with E-state index in [1.807, 2.05) is 11.4 Å². The number of thiophene rings is 2. The van der Waals surface area contributed by atoms with E-state index in [4.69, 9.17) is 0 Å². The van der Waals surface area contributed by atoms with Crippen LogP contribution in [0.15, 0.2) is 22.0 Å². The Hall–Kier alpha value is -0.450. The third kappa shape index (κ3) is 3.01. The summed E-state index contributed by atoms with van der Waals surface area (Å²) in [5.74, 6) is 0.265. The Morgan fingerprint density at radius 1 is 1.26 bits per heavy atom. The Kier molecular flexibility index (Phi) is 4.20. The molecule has 0 saturated carbocycles. The van der Waals surface area contributed by atoms with Crippen molar-refractivity contribution in [2.45, 2.75) is 38.5 Å². The van der Waals surface area contributed by atoms with Gasteiger partial charge in [-0.1, -0.05) is 6.42 Å². The first-order chi connectivity index (χ1) is 9.24. The lowest BCUT2D eigenvalue weighted by molar-refractivity contribution is 0.0997. The van der Waals surface area contributed by atoms with Crippen LogP contribution in [0.25, 0.3) is 0 Å². The number of hydrogen-bond acceptors (Lipinski definition) is 3. The van der Waals surface area contributed by atoms with Gasteiger partial charge in [0.15, 0.2) is 5.78 Å². The van der Waals surface area contributed by atoms with Crippen LogP contribution in [0, 0.1) is 0 Å². The van der Waals surface area contributed by atoms with Gasteiger partial charge < -0.3 is 0 Å². The van der Waals surface area contributed by atoms with Crippen LogP contribution in [0.4, 0.5) is 0 Å². The number of carbonyl (C=O) groups is 1. The van der Waals surface area contributed by atoms with Gasteiger partial charge in [-0.15, -0.1) is 22.7 Å². The second-order valence-electron chi connectivity index (χ2n) is 4.91. The highest BCUT2D eigenvalue weighted by Gasteiger charge is 2.17. The fraction of sp³-hybridized carbons (Fsp3) is 0.400. The molecule has 0 atom stereocenters. The van der Waals surface area contributed by atoms with E-state index in [2.05, 4.69) is 22.0 Å². The SMILES string of the molecule is O=C(Cc1sccc1Br)c1cc2c(s1)CCCCC2. The molecule has 0 aromatic carbocycles. The lowest BCUT2D eigenvalue weighted by Gasteiger charge is -1.97. The van der Waals surface area contributed by atoms with E-state index in [-0.39, 0.29) is 5.78 Å². The number of Topliss-reactive ketones (excluding diaryl/α,β-unsaturated/α-hetero) is 1. The quantitative estimate of drug-likeness (QED) is 0.542. The zero-order chi connectivity index (χ0) is 13.2. The molecule has 2 aromatic rings. The molecular weight excluding hydrogens is 340 g/mol. The van der Waals surface area contributed by atoms with E-state index in [0.717, 1.165) is 27.1 Å². The standard InChI is InChI=1S/C15H15BrOS2/c16-11-6-7-18-14(11)9-12(17)15-8-10-4-2-1-3-5-13(10)19-15/h6-8H,1-5,9H2. The van der Waals surface area contributed by atoms with E-state index in [1.54, 1.807) is 22.7 Å². The predicted molar refractivity (Wildman–Crippen MR) is 85.6 cm³/mol. The molecule has 1 aliphatic carbocycles. The smallest absolute Gasteiger partial charge is 0.178 e. The molecule has 0 amide bonds. The summed E-state index contributed by atoms with van der Waals surface area (Å²) in [7, 11) is 0. The van der Waals surface area contributed by atoms with Gasteiger partial charge in [0.05, 0.1) is 4.88 Å². The van der Waals surface area contributed by atoms with Crippen LogP contribution in [0.3, 0.4) is 0 Å². The summed E-state index contributed by atoms with van der Waals surface area (Å²) in [6.07, 6.45) is 6.72. The van der Waals surface area contributed by atoms with Gasteiger partial charge in [0.2, 0.25) is 0 Å². The van der Waals surface area contributed by atoms with Crippen molar-refractivity contribution in [3.63, 3.8) is 0 Å². The molecule has 0 spiro atoms. The normalized spacial score (nSPS) is 15.0. The highest BCUT2D eigenvalue weighted by molar-refractivity contribution is 9.10. The second-order valence-corrected chi connectivity index (χ2v) is 7.90. The molecular formula is C15H15BrOS2. The molecule has 2 aromatic heterocycles. The molecule has 0 unspecified atom stereocenters. The highest BCUT2D eigenvalue weighted by atomic mass is 79.9. The zero-order valence-corrected chi connectivity index (χ0v) is 13.8. The van der Waals surface area contributed by atoms with E-state index in [9.17, 15) is 4.79 Å². The summed E-state index contributed by atoms with van der Waals surface area (Å²) in [4.78, 5) is 15.9. The van der Waals surface area contributed by atoms with E-state index in [0.29, 0.717) is 6.42 Å². The summed E-state index contributed by atoms with van der Waals surface area (Å²) in [6.45, 7) is 0. The first kappa shape index (κ1) is 13.5. The maximum Gasteiger partial charge on any atom is 0.178 e. The van der Waals surface area contributed by atoms with Crippen LogP contribution in [-0.4, -0.2) is 5.78 Å². The first-order valence-electron chi connectivity index (χ1n) is 6.60. The second kappa shape index (κ2) is 5.90. The monoisotopic (exact) mass is 354 g/mol. The van der Waals surface area contributed by atoms with Crippen LogP contribution in [0.2, 0.25) is 0 Å². The average molecular weight is 355 g/mol. The molecule has 19 heavy (non-hydrogen) atoms. The number of carbonyl (C=O) groups excluding carboxylic acids is 1. The van der Waals surface area contributed by atoms with E-state index < -0.39 is 0 Å². The third-order valence-electron chi connectivity index (χ3n) is 3.53. The summed E-state index contributed by atoms with van der Waals surface area (Å²) in [6, 6.07) is 4.16. The van der Waals surface area contributed by atoms with Gasteiger partial charge in [0.1, 0.15) is 0 Å². The number of aryl methyl sites for hydroxylation is 2. The lowest BCUT2D eigenvalue weighted by Crippen LogP contribution is -1.99. The van der Waals surface area contributed by atoms with Crippen LogP contribution >= 0.6 is 38.6 Å². The molecule has 2 heterocycles. The molecule has 0 fully saturated rings. The topological polar surface area (TPSA) is 17.1 Å². The van der Waals surface area contributed by atoms with Crippen molar-refractivity contribution in [2.75, 3.05) is 0 Å². The van der Waals surface area contributed by atoms with E-state index in [1.165, 1.54) is 29.7 Å². The van der Waals surface area contributed by atoms with Crippen LogP contribution < -0.4 is 0 Å². The van der Waals surface area contributed by atoms with Gasteiger partial charge in [-0.3, -0.25) is 4.79 Å². The molecule has 3 rings (SSSR count). The van der Waals surface area contributed by atoms with Crippen LogP contribution in [-0.2, 0) is 19.3 Å². The van der Waals surface area contributed by atoms with E-state index >= 15 is 0 Å². The minimum absolute atomic E-state index is 0.265. The number of halogens is 1. The fourth-order valence-corrected chi connectivity index (χ4v) is 5.17. The van der Waals surface area contributed by atoms with Crippen molar-refractivity contribution < 1.29 is 4.79 Å². The molecule has 1 aliphatic rings. The Bertz CT molecular complexity index is 574. The van der Waals surface area contributed by atoms with Gasteiger partial charge >= 0.3 is 0 Å². The Morgan fingerprint density at radius 3 is 2.89 bits per heavy atom. The molecule has 0 N–H and O–H groups in total. The number of ketones is 1. The van der Waals surface area contributed by atoms with Gasteiger partial charge in [0, 0.05) is 20.6 Å². The van der Waals surface area contributed by atoms with Gasteiger partial charge in [-0.2, -0.15) is 0 Å². The molecule has 1 nitrogen and oxygen atoms in total. The van der Waals surface area contributed by atoms with Crippen molar-refractivity contribution in [2.24, 2.45) is 0 Å². The van der Waals surface area contributed by atoms with Crippen molar-refractivity contribution in [1.29, 1.82) is 0 Å². The predicted octanol–water partition coefficient (Wildman–Crippen LogP) is 5.27.